The third kappa shape index (κ3) is 3.28. The molecule has 7 nitrogen and oxygen atoms in total. The Hall–Kier alpha value is -3.22. The van der Waals surface area contributed by atoms with Gasteiger partial charge < -0.3 is 15.5 Å². The number of nitrogens with one attached hydrogen (secondary N) is 1. The lowest BCUT2D eigenvalue weighted by Gasteiger charge is -2.06. The van der Waals surface area contributed by atoms with Crippen LogP contribution in [0.3, 0.4) is 0 Å². The number of ether oxygens (including phenoxy) is 1. The molecule has 0 atom stereocenters. The number of nitrogen functional groups attached to an aromatic ring is 1. The molecule has 0 aliphatic rings. The molecule has 3 N–H and O–H groups in total. The standard InChI is InChI=1S/C19H20N4O3/c1-10(2)6-16(25)22-14-8-12(20)18-17-11(9-21-18)7-13(23-19(14)17)15(24)4-5-26-3/h4-5,7-10,23H,6,20H2,1-3H3. The third-order valence-electron chi connectivity index (χ3n) is 3.94. The molecule has 0 saturated carbocycles. The van der Waals surface area contributed by atoms with Crippen molar-refractivity contribution < 1.29 is 14.3 Å². The van der Waals surface area contributed by atoms with Crippen molar-refractivity contribution in [2.45, 2.75) is 20.3 Å². The number of hydrogen-bond acceptors (Lipinski definition) is 5. The Labute approximate surface area is 149 Å². The minimum absolute atomic E-state index is 0.198. The van der Waals surface area contributed by atoms with E-state index >= 15 is 0 Å². The number of nitrogens with zero attached hydrogens (tertiary/aromatic N) is 2. The third-order valence-corrected chi connectivity index (χ3v) is 3.94. The van der Waals surface area contributed by atoms with Crippen molar-refractivity contribution in [2.24, 2.45) is 10.9 Å². The van der Waals surface area contributed by atoms with Crippen LogP contribution in [0, 0.1) is 5.92 Å². The lowest BCUT2D eigenvalue weighted by Crippen LogP contribution is -2.13. The zero-order valence-corrected chi connectivity index (χ0v) is 14.9. The molecule has 3 rings (SSSR count). The highest BCUT2D eigenvalue weighted by atomic mass is 16.5. The van der Waals surface area contributed by atoms with Crippen LogP contribution in [0.15, 0.2) is 35.7 Å². The van der Waals surface area contributed by atoms with Crippen molar-refractivity contribution in [3.05, 3.63) is 41.7 Å². The topological polar surface area (TPSA) is 110 Å². The molecule has 0 aliphatic heterocycles. The number of ketones is 1. The molecule has 0 spiro atoms. The van der Waals surface area contributed by atoms with Gasteiger partial charge in [0.2, 0.25) is 11.7 Å². The highest BCUT2D eigenvalue weighted by Gasteiger charge is 2.15. The maximum Gasteiger partial charge on any atom is 0.246 e. The number of amides is 1. The number of methoxy groups -OCH3 is 1. The normalized spacial score (nSPS) is 12.7. The van der Waals surface area contributed by atoms with Gasteiger partial charge in [-0.05, 0) is 18.1 Å². The highest BCUT2D eigenvalue weighted by molar-refractivity contribution is 6.15. The van der Waals surface area contributed by atoms with Crippen LogP contribution < -0.4 is 11.1 Å². The van der Waals surface area contributed by atoms with Crippen molar-refractivity contribution in [3.8, 4) is 0 Å². The summed E-state index contributed by atoms with van der Waals surface area (Å²) in [5.41, 5.74) is 8.05. The van der Waals surface area contributed by atoms with Crippen LogP contribution in [0.25, 0.3) is 21.8 Å². The fourth-order valence-corrected chi connectivity index (χ4v) is 2.83. The van der Waals surface area contributed by atoms with E-state index < -0.39 is 0 Å². The summed E-state index contributed by atoms with van der Waals surface area (Å²) < 4.78 is 4.80. The molecule has 7 heteroatoms. The predicted molar refractivity (Wildman–Crippen MR) is 99.7 cm³/mol. The van der Waals surface area contributed by atoms with Crippen LogP contribution in [-0.2, 0) is 9.53 Å². The zero-order valence-electron chi connectivity index (χ0n) is 14.9. The number of carbonyl (C=O) groups excluding carboxylic acids is 2. The van der Waals surface area contributed by atoms with Gasteiger partial charge in [-0.2, -0.15) is 0 Å². The second kappa shape index (κ2) is 6.95. The van der Waals surface area contributed by atoms with E-state index in [1.54, 1.807) is 18.3 Å². The lowest BCUT2D eigenvalue weighted by atomic mass is 10.1. The van der Waals surface area contributed by atoms with E-state index in [0.29, 0.717) is 34.2 Å². The van der Waals surface area contributed by atoms with Gasteiger partial charge in [0, 0.05) is 29.5 Å². The van der Waals surface area contributed by atoms with Gasteiger partial charge in [-0.15, -0.1) is 0 Å². The number of hydrogen-bond donors (Lipinski definition) is 2. The molecular weight excluding hydrogens is 332 g/mol. The van der Waals surface area contributed by atoms with E-state index in [1.807, 2.05) is 13.8 Å². The van der Waals surface area contributed by atoms with Gasteiger partial charge in [-0.3, -0.25) is 14.6 Å². The average Bonchev–Trinajstić information content (AvgIpc) is 3.01. The molecule has 134 valence electrons. The average molecular weight is 352 g/mol. The first-order chi connectivity index (χ1) is 12.4. The molecule has 0 bridgehead atoms. The number of carbonyl (C=O) groups is 2. The Balaban J connectivity index is 2.26. The van der Waals surface area contributed by atoms with E-state index in [0.717, 1.165) is 10.8 Å². The summed E-state index contributed by atoms with van der Waals surface area (Å²) in [5, 5.41) is 1.92. The second-order valence-electron chi connectivity index (χ2n) is 6.49. The van der Waals surface area contributed by atoms with Gasteiger partial charge in [-0.1, -0.05) is 13.8 Å². The maximum atomic E-state index is 12.3. The molecule has 0 radical (unpaired) electrons. The van der Waals surface area contributed by atoms with Crippen molar-refractivity contribution in [1.82, 2.24) is 9.97 Å². The van der Waals surface area contributed by atoms with Crippen molar-refractivity contribution in [1.29, 1.82) is 0 Å². The zero-order chi connectivity index (χ0) is 18.8. The van der Waals surface area contributed by atoms with Gasteiger partial charge in [0.05, 0.1) is 41.1 Å². The molecule has 0 saturated heterocycles. The lowest BCUT2D eigenvalue weighted by molar-refractivity contribution is -0.118. The van der Waals surface area contributed by atoms with E-state index in [-0.39, 0.29) is 17.6 Å². The van der Waals surface area contributed by atoms with Crippen molar-refractivity contribution in [2.75, 3.05) is 12.8 Å². The summed E-state index contributed by atoms with van der Waals surface area (Å²) in [5.74, 6) is -0.299. The molecule has 0 fully saturated rings. The first-order valence-electron chi connectivity index (χ1n) is 8.25. The Kier molecular flexibility index (Phi) is 4.71. The molecule has 2 aromatic heterocycles. The Morgan fingerprint density at radius 1 is 1.38 bits per heavy atom. The van der Waals surface area contributed by atoms with E-state index in [2.05, 4.69) is 15.0 Å². The quantitative estimate of drug-likeness (QED) is 0.317. The predicted octanol–water partition coefficient (Wildman–Crippen LogP) is 2.55. The summed E-state index contributed by atoms with van der Waals surface area (Å²) in [6.07, 6.45) is 4.61. The minimum atomic E-state index is -0.261. The van der Waals surface area contributed by atoms with Crippen molar-refractivity contribution >= 4 is 39.2 Å². The minimum Gasteiger partial charge on any atom is -0.504 e. The van der Waals surface area contributed by atoms with Crippen LogP contribution in [0.5, 0.6) is 0 Å². The molecular formula is C19H20N4O3. The Morgan fingerprint density at radius 3 is 2.85 bits per heavy atom. The summed E-state index contributed by atoms with van der Waals surface area (Å²) in [4.78, 5) is 36.1. The van der Waals surface area contributed by atoms with E-state index in [9.17, 15) is 9.59 Å². The maximum absolute atomic E-state index is 12.3. The highest BCUT2D eigenvalue weighted by Crippen LogP contribution is 2.27. The number of pyridine rings is 1. The molecule has 1 aromatic carbocycles. The summed E-state index contributed by atoms with van der Waals surface area (Å²) in [6, 6.07) is 3.31. The second-order valence-corrected chi connectivity index (χ2v) is 6.49. The van der Waals surface area contributed by atoms with Gasteiger partial charge in [0.1, 0.15) is 0 Å². The van der Waals surface area contributed by atoms with Crippen LogP contribution >= 0.6 is 0 Å². The fourth-order valence-electron chi connectivity index (χ4n) is 2.83. The number of nitrogens with two attached hydrogens (primary N) is 1. The first kappa shape index (κ1) is 17.6. The number of aromatic amines is 1. The van der Waals surface area contributed by atoms with Gasteiger partial charge in [0.25, 0.3) is 0 Å². The molecule has 2 heterocycles. The number of benzene rings is 1. The first-order valence-corrected chi connectivity index (χ1v) is 8.25. The van der Waals surface area contributed by atoms with Crippen molar-refractivity contribution in [3.63, 3.8) is 0 Å². The van der Waals surface area contributed by atoms with E-state index in [1.165, 1.54) is 19.4 Å². The van der Waals surface area contributed by atoms with Gasteiger partial charge >= 0.3 is 0 Å². The molecule has 26 heavy (non-hydrogen) atoms. The van der Waals surface area contributed by atoms with Crippen LogP contribution in [0.2, 0.25) is 0 Å². The molecule has 0 unspecified atom stereocenters. The summed E-state index contributed by atoms with van der Waals surface area (Å²) in [7, 11) is 1.46. The number of H-pyrrole nitrogens is 1. The van der Waals surface area contributed by atoms with Gasteiger partial charge in [0.15, 0.2) is 0 Å². The fraction of sp³-hybridized carbons (Fsp3) is 0.263. The van der Waals surface area contributed by atoms with Crippen LogP contribution in [0.1, 0.15) is 30.8 Å². The Morgan fingerprint density at radius 2 is 2.15 bits per heavy atom. The number of anilines is 1. The monoisotopic (exact) mass is 352 g/mol. The Bertz CT molecular complexity index is 1080. The summed E-state index contributed by atoms with van der Waals surface area (Å²) >= 11 is 0. The number of allylic oxidation sites excluding steroid dienone is 1. The van der Waals surface area contributed by atoms with Gasteiger partial charge in [-0.25, -0.2) is 4.99 Å². The van der Waals surface area contributed by atoms with E-state index in [4.69, 9.17) is 10.5 Å². The number of aromatic nitrogens is 2. The molecule has 1 amide bonds. The SMILES string of the molecule is COC=CC(=O)c1cc2cnc3c(N)cc(=NC(=O)CC(C)C)c([nH]1)c23. The largest absolute Gasteiger partial charge is 0.504 e. The van der Waals surface area contributed by atoms with Crippen LogP contribution in [0.4, 0.5) is 5.69 Å². The summed E-state index contributed by atoms with van der Waals surface area (Å²) in [6.45, 7) is 3.91. The van der Waals surface area contributed by atoms with Crippen LogP contribution in [-0.4, -0.2) is 28.8 Å². The smallest absolute Gasteiger partial charge is 0.246 e. The number of rotatable bonds is 5. The molecule has 0 aliphatic carbocycles. The molecule has 3 aromatic rings.